The molecule has 0 bridgehead atoms. The minimum Gasteiger partial charge on any atom is -0.481 e. The Labute approximate surface area is 212 Å². The average Bonchev–Trinajstić information content (AvgIpc) is 2.82. The van der Waals surface area contributed by atoms with Gasteiger partial charge >= 0.3 is 5.97 Å². The fourth-order valence-corrected chi connectivity index (χ4v) is 6.34. The second kappa shape index (κ2) is 16.1. The summed E-state index contributed by atoms with van der Waals surface area (Å²) in [5, 5.41) is 30.7. The summed E-state index contributed by atoms with van der Waals surface area (Å²) in [5.74, 6) is -0.933. The third-order valence-electron chi connectivity index (χ3n) is 8.02. The van der Waals surface area contributed by atoms with Gasteiger partial charge in [-0.25, -0.2) is 0 Å². The summed E-state index contributed by atoms with van der Waals surface area (Å²) in [4.78, 5) is 12.3. The predicted octanol–water partition coefficient (Wildman–Crippen LogP) is 5.59. The second-order valence-corrected chi connectivity index (χ2v) is 10.6. The predicted molar refractivity (Wildman–Crippen MR) is 143 cm³/mol. The molecule has 0 heterocycles. The smallest absolute Gasteiger partial charge is 0.309 e. The monoisotopic (exact) mass is 487 g/mol. The molecule has 5 nitrogen and oxygen atoms in total. The fourth-order valence-electron chi connectivity index (χ4n) is 6.34. The number of aliphatic hydroxyl groups excluding tert-OH is 2. The quantitative estimate of drug-likeness (QED) is 0.180. The first-order valence-corrected chi connectivity index (χ1v) is 13.9. The molecule has 0 radical (unpaired) electrons. The molecule has 1 aromatic rings. The van der Waals surface area contributed by atoms with Gasteiger partial charge in [0.1, 0.15) is 0 Å². The Hall–Kier alpha value is -1.69. The van der Waals surface area contributed by atoms with Crippen molar-refractivity contribution < 1.29 is 20.1 Å². The number of rotatable bonds is 16. The zero-order valence-corrected chi connectivity index (χ0v) is 21.9. The molecule has 0 aromatic heterocycles. The molecular weight excluding hydrogens is 438 g/mol. The van der Waals surface area contributed by atoms with Crippen LogP contribution in [0.1, 0.15) is 83.6 Å². The topological polar surface area (TPSA) is 104 Å². The van der Waals surface area contributed by atoms with Crippen molar-refractivity contribution in [3.8, 4) is 0 Å². The van der Waals surface area contributed by atoms with Crippen LogP contribution in [0, 0.1) is 29.6 Å². The first-order chi connectivity index (χ1) is 16.9. The highest BCUT2D eigenvalue weighted by atomic mass is 16.4. The Morgan fingerprint density at radius 3 is 2.43 bits per heavy atom. The molecule has 1 saturated carbocycles. The van der Waals surface area contributed by atoms with Crippen molar-refractivity contribution in [2.24, 2.45) is 35.3 Å². The van der Waals surface area contributed by atoms with E-state index in [1.807, 2.05) is 24.3 Å². The molecule has 1 aliphatic carbocycles. The molecular formula is C30H49NO4. The lowest BCUT2D eigenvalue weighted by molar-refractivity contribution is -0.153. The number of nitrogens with two attached hydrogens (primary N) is 1. The van der Waals surface area contributed by atoms with E-state index in [2.05, 4.69) is 25.1 Å². The van der Waals surface area contributed by atoms with Crippen LogP contribution in [0.2, 0.25) is 0 Å². The first kappa shape index (κ1) is 29.5. The van der Waals surface area contributed by atoms with Gasteiger partial charge < -0.3 is 21.1 Å². The summed E-state index contributed by atoms with van der Waals surface area (Å²) < 4.78 is 0. The fraction of sp³-hybridized carbons (Fsp3) is 0.700. The van der Waals surface area contributed by atoms with Gasteiger partial charge in [0.05, 0.1) is 18.1 Å². The molecule has 0 saturated heterocycles. The van der Waals surface area contributed by atoms with E-state index in [0.29, 0.717) is 12.5 Å². The van der Waals surface area contributed by atoms with Gasteiger partial charge in [-0.3, -0.25) is 4.79 Å². The number of allylic oxidation sites excluding steroid dienone is 1. The van der Waals surface area contributed by atoms with E-state index >= 15 is 0 Å². The Morgan fingerprint density at radius 1 is 1.09 bits per heavy atom. The first-order valence-electron chi connectivity index (χ1n) is 13.9. The summed E-state index contributed by atoms with van der Waals surface area (Å²) in [6.07, 6.45) is 13.7. The van der Waals surface area contributed by atoms with Gasteiger partial charge in [0.25, 0.3) is 0 Å². The van der Waals surface area contributed by atoms with Crippen LogP contribution in [0.15, 0.2) is 42.5 Å². The van der Waals surface area contributed by atoms with Crippen LogP contribution in [0.3, 0.4) is 0 Å². The lowest BCUT2D eigenvalue weighted by Crippen LogP contribution is -2.47. The lowest BCUT2D eigenvalue weighted by atomic mass is 9.58. The number of carboxylic acids is 1. The largest absolute Gasteiger partial charge is 0.481 e. The average molecular weight is 488 g/mol. The van der Waals surface area contributed by atoms with Gasteiger partial charge in [0.2, 0.25) is 0 Å². The Balaban J connectivity index is 2.09. The highest BCUT2D eigenvalue weighted by Gasteiger charge is 2.46. The van der Waals surface area contributed by atoms with Crippen molar-refractivity contribution in [3.63, 3.8) is 0 Å². The molecule has 0 amide bonds. The Morgan fingerprint density at radius 2 is 1.80 bits per heavy atom. The molecule has 0 spiro atoms. The summed E-state index contributed by atoms with van der Waals surface area (Å²) >= 11 is 0. The highest BCUT2D eigenvalue weighted by Crippen LogP contribution is 2.48. The molecule has 2 rings (SSSR count). The SMILES string of the molecule is CCCCC[C@@H](O)C=CCCC[C@@H]1CC[C@H](Cc2ccccc2)[C@H]([C@H](C(=O)O)[C@H](C)O)[C@H]1CCN. The number of carboxylic acid groups (broad SMARTS) is 1. The molecule has 5 heteroatoms. The van der Waals surface area contributed by atoms with Crippen molar-refractivity contribution in [1.29, 1.82) is 0 Å². The number of carbonyl (C=O) groups is 1. The van der Waals surface area contributed by atoms with Crippen molar-refractivity contribution >= 4 is 5.97 Å². The molecule has 198 valence electrons. The zero-order chi connectivity index (χ0) is 25.6. The molecule has 7 atom stereocenters. The number of hydrogen-bond acceptors (Lipinski definition) is 4. The number of aliphatic hydroxyl groups is 2. The van der Waals surface area contributed by atoms with E-state index < -0.39 is 18.0 Å². The summed E-state index contributed by atoms with van der Waals surface area (Å²) in [6, 6.07) is 10.3. The van der Waals surface area contributed by atoms with Crippen LogP contribution in [0.25, 0.3) is 0 Å². The number of aliphatic carboxylic acids is 1. The van der Waals surface area contributed by atoms with E-state index in [1.165, 1.54) is 5.56 Å². The number of hydrogen-bond donors (Lipinski definition) is 4. The maximum absolute atomic E-state index is 12.3. The Kier molecular flexibility index (Phi) is 13.6. The zero-order valence-electron chi connectivity index (χ0n) is 21.9. The van der Waals surface area contributed by atoms with Gasteiger partial charge in [0.15, 0.2) is 0 Å². The lowest BCUT2D eigenvalue weighted by Gasteiger charge is -2.47. The van der Waals surface area contributed by atoms with Crippen LogP contribution < -0.4 is 5.73 Å². The van der Waals surface area contributed by atoms with Crippen molar-refractivity contribution in [3.05, 3.63) is 48.0 Å². The van der Waals surface area contributed by atoms with E-state index in [4.69, 9.17) is 5.73 Å². The van der Waals surface area contributed by atoms with Crippen LogP contribution in [-0.4, -0.2) is 40.0 Å². The maximum atomic E-state index is 12.3. The van der Waals surface area contributed by atoms with Gasteiger partial charge in [-0.1, -0.05) is 68.7 Å². The normalized spacial score (nSPS) is 25.4. The second-order valence-electron chi connectivity index (χ2n) is 10.6. The van der Waals surface area contributed by atoms with Gasteiger partial charge in [-0.05, 0) is 94.1 Å². The Bertz CT molecular complexity index is 735. The van der Waals surface area contributed by atoms with Crippen LogP contribution in [-0.2, 0) is 11.2 Å². The molecule has 35 heavy (non-hydrogen) atoms. The number of unbranched alkanes of at least 4 members (excludes halogenated alkanes) is 3. The molecule has 1 fully saturated rings. The van der Waals surface area contributed by atoms with Crippen molar-refractivity contribution in [2.75, 3.05) is 6.54 Å². The van der Waals surface area contributed by atoms with Crippen LogP contribution in [0.5, 0.6) is 0 Å². The van der Waals surface area contributed by atoms with E-state index in [1.54, 1.807) is 6.92 Å². The van der Waals surface area contributed by atoms with Gasteiger partial charge in [0, 0.05) is 0 Å². The molecule has 0 aliphatic heterocycles. The van der Waals surface area contributed by atoms with Crippen LogP contribution >= 0.6 is 0 Å². The summed E-state index contributed by atoms with van der Waals surface area (Å²) in [6.45, 7) is 4.32. The van der Waals surface area contributed by atoms with E-state index in [-0.39, 0.29) is 23.9 Å². The third kappa shape index (κ3) is 9.70. The summed E-state index contributed by atoms with van der Waals surface area (Å²) in [5.41, 5.74) is 7.27. The van der Waals surface area contributed by atoms with Crippen molar-refractivity contribution in [2.45, 2.75) is 96.7 Å². The minimum absolute atomic E-state index is 0.0917. The molecule has 1 aromatic carbocycles. The molecule has 1 aliphatic rings. The van der Waals surface area contributed by atoms with Crippen molar-refractivity contribution in [1.82, 2.24) is 0 Å². The van der Waals surface area contributed by atoms with Crippen LogP contribution in [0.4, 0.5) is 0 Å². The summed E-state index contributed by atoms with van der Waals surface area (Å²) in [7, 11) is 0. The third-order valence-corrected chi connectivity index (χ3v) is 8.02. The minimum atomic E-state index is -0.897. The van der Waals surface area contributed by atoms with E-state index in [0.717, 1.165) is 70.6 Å². The standard InChI is InChI=1S/C30H49NO4/c1-3-4-7-15-26(33)16-11-6-10-14-24-17-18-25(21-23-12-8-5-9-13-23)29(27(24)19-20-31)28(22(2)32)30(34)35/h5,8-9,11-13,16,22,24-29,32-33H,3-4,6-7,10,14-15,17-21,31H2,1-2H3,(H,34,35)/t22-,24+,25+,26+,27-,28+,29-/m0/s1. The molecule has 0 unspecified atom stereocenters. The number of benzene rings is 1. The molecule has 5 N–H and O–H groups in total. The van der Waals surface area contributed by atoms with Gasteiger partial charge in [-0.15, -0.1) is 0 Å². The van der Waals surface area contributed by atoms with Gasteiger partial charge in [-0.2, -0.15) is 0 Å². The maximum Gasteiger partial charge on any atom is 0.309 e. The highest BCUT2D eigenvalue weighted by molar-refractivity contribution is 5.71. The van der Waals surface area contributed by atoms with E-state index in [9.17, 15) is 20.1 Å².